The first kappa shape index (κ1) is 13.8. The predicted octanol–water partition coefficient (Wildman–Crippen LogP) is 4.68. The fourth-order valence-corrected chi connectivity index (χ4v) is 4.33. The molecule has 0 saturated carbocycles. The summed E-state index contributed by atoms with van der Waals surface area (Å²) in [6.07, 6.45) is 0. The second-order valence-corrected chi connectivity index (χ2v) is 7.71. The van der Waals surface area contributed by atoms with E-state index in [0.717, 1.165) is 15.6 Å². The molecule has 1 aliphatic rings. The highest BCUT2D eigenvalue weighted by Gasteiger charge is 2.37. The smallest absolute Gasteiger partial charge is 0.137 e. The van der Waals surface area contributed by atoms with E-state index in [9.17, 15) is 0 Å². The number of thioether (sulfide) groups is 2. The van der Waals surface area contributed by atoms with Gasteiger partial charge < -0.3 is 5.21 Å². The molecule has 1 saturated heterocycles. The third kappa shape index (κ3) is 2.84. The van der Waals surface area contributed by atoms with E-state index in [2.05, 4.69) is 10.1 Å². The molecule has 3 nitrogen and oxygen atoms in total. The van der Waals surface area contributed by atoms with Gasteiger partial charge in [0.2, 0.25) is 0 Å². The normalized spacial score (nSPS) is 22.9. The maximum Gasteiger partial charge on any atom is 0.137 e. The van der Waals surface area contributed by atoms with Crippen molar-refractivity contribution in [3.05, 3.63) is 28.8 Å². The molecule has 2 rings (SSSR count). The van der Waals surface area contributed by atoms with Crippen LogP contribution in [-0.2, 0) is 0 Å². The van der Waals surface area contributed by atoms with Crippen molar-refractivity contribution in [1.82, 2.24) is 0 Å². The van der Waals surface area contributed by atoms with Crippen LogP contribution >= 0.6 is 35.1 Å². The number of nitrogens with zero attached hydrogens (tertiary/aromatic N) is 2. The van der Waals surface area contributed by atoms with Crippen molar-refractivity contribution in [2.24, 2.45) is 10.1 Å². The molecule has 1 N–H and O–H groups in total. The third-order valence-corrected chi connectivity index (χ3v) is 5.39. The van der Waals surface area contributed by atoms with E-state index >= 15 is 0 Å². The first-order valence-electron chi connectivity index (χ1n) is 5.36. The summed E-state index contributed by atoms with van der Waals surface area (Å²) in [5, 5.41) is 13.7. The van der Waals surface area contributed by atoms with Crippen LogP contribution in [0.5, 0.6) is 0 Å². The van der Waals surface area contributed by atoms with Gasteiger partial charge in [0, 0.05) is 5.02 Å². The van der Waals surface area contributed by atoms with Crippen molar-refractivity contribution in [3.8, 4) is 0 Å². The summed E-state index contributed by atoms with van der Waals surface area (Å²) in [5.41, 5.74) is 1.92. The lowest BCUT2D eigenvalue weighted by atomic mass is 10.2. The zero-order valence-corrected chi connectivity index (χ0v) is 12.7. The number of rotatable bonds is 1. The lowest BCUT2D eigenvalue weighted by molar-refractivity contribution is 0.319. The first-order valence-corrected chi connectivity index (χ1v) is 7.38. The van der Waals surface area contributed by atoms with Crippen LogP contribution in [-0.4, -0.2) is 19.4 Å². The molecule has 6 heteroatoms. The Bertz CT molecular complexity index is 541. The number of halogens is 1. The van der Waals surface area contributed by atoms with Gasteiger partial charge in [0.15, 0.2) is 0 Å². The molecule has 0 atom stereocenters. The van der Waals surface area contributed by atoms with Gasteiger partial charge >= 0.3 is 0 Å². The van der Waals surface area contributed by atoms with Crippen LogP contribution in [0.1, 0.15) is 19.4 Å². The summed E-state index contributed by atoms with van der Waals surface area (Å²) in [4.78, 5) is 4.58. The third-order valence-electron chi connectivity index (χ3n) is 2.50. The van der Waals surface area contributed by atoms with Crippen LogP contribution < -0.4 is 0 Å². The molecule has 0 aliphatic carbocycles. The summed E-state index contributed by atoms with van der Waals surface area (Å²) >= 11 is 8.92. The van der Waals surface area contributed by atoms with Crippen molar-refractivity contribution < 1.29 is 5.21 Å². The first-order chi connectivity index (χ1) is 8.42. The molecular formula is C12H13ClN2OS2. The van der Waals surface area contributed by atoms with E-state index in [1.165, 1.54) is 11.8 Å². The Hall–Kier alpha value is -0.650. The van der Waals surface area contributed by atoms with Gasteiger partial charge in [-0.3, -0.25) is 0 Å². The van der Waals surface area contributed by atoms with Gasteiger partial charge in [-0.25, -0.2) is 4.99 Å². The van der Waals surface area contributed by atoms with Crippen molar-refractivity contribution in [1.29, 1.82) is 0 Å². The molecule has 18 heavy (non-hydrogen) atoms. The van der Waals surface area contributed by atoms with E-state index in [4.69, 9.17) is 16.8 Å². The highest BCUT2D eigenvalue weighted by atomic mass is 35.5. The highest BCUT2D eigenvalue weighted by molar-refractivity contribution is 8.50. The monoisotopic (exact) mass is 300 g/mol. The Balaban J connectivity index is 2.31. The van der Waals surface area contributed by atoms with Crippen molar-refractivity contribution in [2.45, 2.75) is 25.5 Å². The number of hydrogen-bond acceptors (Lipinski definition) is 5. The quantitative estimate of drug-likeness (QED) is 0.605. The molecular weight excluding hydrogens is 288 g/mol. The second kappa shape index (κ2) is 5.15. The van der Waals surface area contributed by atoms with Crippen LogP contribution in [0.2, 0.25) is 5.02 Å². The van der Waals surface area contributed by atoms with Crippen molar-refractivity contribution >= 4 is 50.2 Å². The molecule has 0 spiro atoms. The zero-order chi connectivity index (χ0) is 13.3. The van der Waals surface area contributed by atoms with Crippen LogP contribution in [0.15, 0.2) is 28.3 Å². The molecule has 0 bridgehead atoms. The van der Waals surface area contributed by atoms with E-state index < -0.39 is 0 Å². The summed E-state index contributed by atoms with van der Waals surface area (Å²) in [6, 6.07) is 5.61. The second-order valence-electron chi connectivity index (χ2n) is 4.43. The Morgan fingerprint density at radius 2 is 2.06 bits per heavy atom. The molecule has 96 valence electrons. The Kier molecular flexibility index (Phi) is 3.94. The topological polar surface area (TPSA) is 45.0 Å². The van der Waals surface area contributed by atoms with E-state index in [1.54, 1.807) is 11.8 Å². The molecule has 1 aromatic rings. The van der Waals surface area contributed by atoms with Crippen molar-refractivity contribution in [2.75, 3.05) is 0 Å². The number of oxime groups is 1. The molecule has 0 amide bonds. The lowest BCUT2D eigenvalue weighted by Crippen LogP contribution is -2.19. The predicted molar refractivity (Wildman–Crippen MR) is 81.8 cm³/mol. The molecule has 0 radical (unpaired) electrons. The molecule has 1 aromatic carbocycles. The van der Waals surface area contributed by atoms with E-state index in [-0.39, 0.29) is 4.75 Å². The highest BCUT2D eigenvalue weighted by Crippen LogP contribution is 2.45. The van der Waals surface area contributed by atoms with Crippen LogP contribution in [0.3, 0.4) is 0 Å². The Morgan fingerprint density at radius 1 is 1.33 bits per heavy atom. The van der Waals surface area contributed by atoms with E-state index in [0.29, 0.717) is 10.1 Å². The van der Waals surface area contributed by atoms with Gasteiger partial charge in [0.05, 0.1) is 10.4 Å². The largest absolute Gasteiger partial charge is 0.410 e. The lowest BCUT2D eigenvalue weighted by Gasteiger charge is -2.12. The fraction of sp³-hybridized carbons (Fsp3) is 0.333. The number of aliphatic imine (C=N–C) groups is 1. The molecule has 1 heterocycles. The summed E-state index contributed by atoms with van der Waals surface area (Å²) in [6.45, 7) is 6.00. The zero-order valence-electron chi connectivity index (χ0n) is 10.3. The SMILES string of the molecule is Cc1cc(Cl)ccc1N=C1S/C(=N\O)C(C)(C)S1. The maximum absolute atomic E-state index is 8.96. The average Bonchev–Trinajstić information content (AvgIpc) is 2.57. The van der Waals surface area contributed by atoms with Gasteiger partial charge in [-0.1, -0.05) is 28.5 Å². The number of hydrogen-bond donors (Lipinski definition) is 1. The average molecular weight is 301 g/mol. The van der Waals surface area contributed by atoms with Gasteiger partial charge in [-0.15, -0.1) is 0 Å². The Labute approximate surface area is 120 Å². The minimum absolute atomic E-state index is 0.224. The van der Waals surface area contributed by atoms with Gasteiger partial charge in [0.1, 0.15) is 9.42 Å². The van der Waals surface area contributed by atoms with Gasteiger partial charge in [-0.2, -0.15) is 0 Å². The molecule has 0 unspecified atom stereocenters. The summed E-state index contributed by atoms with van der Waals surface area (Å²) < 4.78 is 0.664. The molecule has 0 aromatic heterocycles. The molecule has 1 aliphatic heterocycles. The van der Waals surface area contributed by atoms with Crippen LogP contribution in [0, 0.1) is 6.92 Å². The van der Waals surface area contributed by atoms with Crippen LogP contribution in [0.4, 0.5) is 5.69 Å². The van der Waals surface area contributed by atoms with Crippen LogP contribution in [0.25, 0.3) is 0 Å². The maximum atomic E-state index is 8.96. The number of benzene rings is 1. The fourth-order valence-electron chi connectivity index (χ4n) is 1.52. The molecule has 1 fully saturated rings. The minimum atomic E-state index is -0.224. The van der Waals surface area contributed by atoms with Crippen molar-refractivity contribution in [3.63, 3.8) is 0 Å². The van der Waals surface area contributed by atoms with E-state index in [1.807, 2.05) is 39.0 Å². The minimum Gasteiger partial charge on any atom is -0.410 e. The Morgan fingerprint density at radius 3 is 2.61 bits per heavy atom. The summed E-state index contributed by atoms with van der Waals surface area (Å²) in [7, 11) is 0. The number of aryl methyl sites for hydroxylation is 1. The standard InChI is InChI=1S/C12H13ClN2OS2/c1-7-6-8(13)4-5-9(7)14-11-17-10(15-16)12(2,3)18-11/h4-6,16H,1-3H3/b14-11?,15-10-. The summed E-state index contributed by atoms with van der Waals surface area (Å²) in [5.74, 6) is 0. The van der Waals surface area contributed by atoms with Gasteiger partial charge in [-0.05, 0) is 56.3 Å². The van der Waals surface area contributed by atoms with Gasteiger partial charge in [0.25, 0.3) is 0 Å².